The number of benzene rings is 1. The van der Waals surface area contributed by atoms with Gasteiger partial charge in [-0.2, -0.15) is 0 Å². The molecule has 34 heavy (non-hydrogen) atoms. The van der Waals surface area contributed by atoms with Gasteiger partial charge in [-0.25, -0.2) is 32.0 Å². The molecule has 176 valence electrons. The third-order valence-electron chi connectivity index (χ3n) is 4.74. The Morgan fingerprint density at radius 3 is 2.68 bits per heavy atom. The fourth-order valence-electron chi connectivity index (χ4n) is 3.30. The van der Waals surface area contributed by atoms with Crippen LogP contribution in [0.2, 0.25) is 0 Å². The van der Waals surface area contributed by atoms with Crippen LogP contribution in [0.25, 0.3) is 16.9 Å². The molecular formula is C22H18F2N4O5S. The Morgan fingerprint density at radius 1 is 1.18 bits per heavy atom. The van der Waals surface area contributed by atoms with Gasteiger partial charge in [0.2, 0.25) is 5.88 Å². The van der Waals surface area contributed by atoms with Crippen LogP contribution in [0.3, 0.4) is 0 Å². The molecule has 0 aliphatic carbocycles. The van der Waals surface area contributed by atoms with Crippen molar-refractivity contribution in [2.24, 2.45) is 0 Å². The quantitative estimate of drug-likeness (QED) is 0.395. The Morgan fingerprint density at radius 2 is 1.97 bits per heavy atom. The van der Waals surface area contributed by atoms with Crippen molar-refractivity contribution in [1.82, 2.24) is 14.4 Å². The Hall–Kier alpha value is -4.06. The van der Waals surface area contributed by atoms with E-state index in [0.717, 1.165) is 12.1 Å². The summed E-state index contributed by atoms with van der Waals surface area (Å²) in [6.07, 6.45) is 2.98. The van der Waals surface area contributed by atoms with Gasteiger partial charge in [-0.3, -0.25) is 9.12 Å². The van der Waals surface area contributed by atoms with Gasteiger partial charge >= 0.3 is 5.97 Å². The van der Waals surface area contributed by atoms with Crippen molar-refractivity contribution in [3.63, 3.8) is 0 Å². The Labute approximate surface area is 193 Å². The fraction of sp³-hybridized carbons (Fsp3) is 0.136. The van der Waals surface area contributed by atoms with E-state index < -0.39 is 32.5 Å². The average molecular weight is 488 g/mol. The first-order valence-corrected chi connectivity index (χ1v) is 11.4. The second-order valence-corrected chi connectivity index (χ2v) is 8.57. The molecule has 4 aromatic rings. The highest BCUT2D eigenvalue weighted by atomic mass is 32.2. The minimum absolute atomic E-state index is 0.114. The van der Waals surface area contributed by atoms with E-state index in [2.05, 4.69) is 14.7 Å². The second-order valence-electron chi connectivity index (χ2n) is 6.92. The minimum Gasteiger partial charge on any atom is -0.480 e. The van der Waals surface area contributed by atoms with Crippen LogP contribution in [-0.4, -0.2) is 42.5 Å². The Balaban J connectivity index is 1.83. The molecule has 0 saturated carbocycles. The number of methoxy groups -OCH3 is 1. The van der Waals surface area contributed by atoms with Gasteiger partial charge in [0.1, 0.15) is 33.6 Å². The first kappa shape index (κ1) is 23.1. The molecule has 0 atom stereocenters. The van der Waals surface area contributed by atoms with Gasteiger partial charge in [0.05, 0.1) is 13.7 Å². The number of ether oxygens (including phenoxy) is 2. The summed E-state index contributed by atoms with van der Waals surface area (Å²) in [5.41, 5.74) is 0.878. The number of anilines is 1. The molecule has 0 aliphatic rings. The van der Waals surface area contributed by atoms with Gasteiger partial charge in [0, 0.05) is 24.0 Å². The van der Waals surface area contributed by atoms with Gasteiger partial charge in [0.25, 0.3) is 10.0 Å². The number of rotatable bonds is 7. The van der Waals surface area contributed by atoms with Gasteiger partial charge in [-0.05, 0) is 37.3 Å². The van der Waals surface area contributed by atoms with Crippen molar-refractivity contribution in [1.29, 1.82) is 0 Å². The summed E-state index contributed by atoms with van der Waals surface area (Å²) in [6, 6.07) is 8.57. The molecule has 0 bridgehead atoms. The van der Waals surface area contributed by atoms with Gasteiger partial charge in [-0.1, -0.05) is 6.07 Å². The average Bonchev–Trinajstić information content (AvgIpc) is 3.18. The fourth-order valence-corrected chi connectivity index (χ4v) is 4.41. The van der Waals surface area contributed by atoms with Gasteiger partial charge in [-0.15, -0.1) is 0 Å². The molecule has 12 heteroatoms. The molecule has 0 fully saturated rings. The molecule has 0 saturated heterocycles. The smallest absolute Gasteiger partial charge is 0.357 e. The summed E-state index contributed by atoms with van der Waals surface area (Å²) >= 11 is 0. The third-order valence-corrected chi connectivity index (χ3v) is 6.14. The number of nitrogens with one attached hydrogen (secondary N) is 1. The highest BCUT2D eigenvalue weighted by Gasteiger charge is 2.25. The lowest BCUT2D eigenvalue weighted by atomic mass is 10.1. The van der Waals surface area contributed by atoms with Gasteiger partial charge in [0.15, 0.2) is 5.69 Å². The van der Waals surface area contributed by atoms with Crippen LogP contribution < -0.4 is 9.46 Å². The highest BCUT2D eigenvalue weighted by molar-refractivity contribution is 7.92. The lowest BCUT2D eigenvalue weighted by molar-refractivity contribution is 0.0519. The number of carbonyl (C=O) groups excluding carboxylic acids is 1. The first-order chi connectivity index (χ1) is 16.2. The maximum absolute atomic E-state index is 14.1. The van der Waals surface area contributed by atoms with Crippen LogP contribution in [0.5, 0.6) is 5.88 Å². The number of halogens is 2. The van der Waals surface area contributed by atoms with E-state index in [4.69, 9.17) is 9.47 Å². The molecular weight excluding hydrogens is 470 g/mol. The summed E-state index contributed by atoms with van der Waals surface area (Å²) in [6.45, 7) is 1.80. The largest absolute Gasteiger partial charge is 0.480 e. The molecule has 0 radical (unpaired) electrons. The summed E-state index contributed by atoms with van der Waals surface area (Å²) in [5, 5.41) is 0. The number of pyridine rings is 2. The number of esters is 1. The van der Waals surface area contributed by atoms with Crippen LogP contribution in [-0.2, 0) is 14.8 Å². The minimum atomic E-state index is -4.48. The van der Waals surface area contributed by atoms with E-state index in [0.29, 0.717) is 11.7 Å². The van der Waals surface area contributed by atoms with Crippen LogP contribution in [0.15, 0.2) is 59.8 Å². The molecule has 3 aromatic heterocycles. The first-order valence-electron chi connectivity index (χ1n) is 9.91. The predicted octanol–water partition coefficient (Wildman–Crippen LogP) is 3.66. The number of carbonyl (C=O) groups is 1. The number of fused-ring (bicyclic) bond motifs is 1. The van der Waals surface area contributed by atoms with Crippen LogP contribution in [0.4, 0.5) is 14.5 Å². The maximum Gasteiger partial charge on any atom is 0.357 e. The van der Waals surface area contributed by atoms with Crippen molar-refractivity contribution >= 4 is 27.3 Å². The number of imidazole rings is 1. The second kappa shape index (κ2) is 9.06. The van der Waals surface area contributed by atoms with Crippen molar-refractivity contribution in [2.45, 2.75) is 11.8 Å². The normalized spacial score (nSPS) is 11.4. The zero-order valence-electron chi connectivity index (χ0n) is 18.0. The topological polar surface area (TPSA) is 112 Å². The summed E-state index contributed by atoms with van der Waals surface area (Å²) in [4.78, 5) is 20.5. The van der Waals surface area contributed by atoms with Crippen LogP contribution >= 0.6 is 0 Å². The van der Waals surface area contributed by atoms with Crippen molar-refractivity contribution in [3.8, 4) is 17.1 Å². The van der Waals surface area contributed by atoms with Crippen molar-refractivity contribution in [3.05, 3.63) is 72.2 Å². The Bertz CT molecular complexity index is 1500. The molecule has 0 amide bonds. The molecule has 0 aliphatic heterocycles. The summed E-state index contributed by atoms with van der Waals surface area (Å²) in [5.74, 6) is -2.93. The van der Waals surface area contributed by atoms with Gasteiger partial charge < -0.3 is 9.47 Å². The number of sulfonamides is 1. The number of hydrogen-bond acceptors (Lipinski definition) is 7. The monoisotopic (exact) mass is 488 g/mol. The molecule has 1 N–H and O–H groups in total. The summed E-state index contributed by atoms with van der Waals surface area (Å²) < 4.78 is 67.0. The molecule has 9 nitrogen and oxygen atoms in total. The van der Waals surface area contributed by atoms with Crippen LogP contribution in [0.1, 0.15) is 17.4 Å². The molecule has 0 unspecified atom stereocenters. The number of hydrogen-bond donors (Lipinski definition) is 1. The number of nitrogens with zero attached hydrogens (tertiary/aromatic N) is 3. The van der Waals surface area contributed by atoms with E-state index in [-0.39, 0.29) is 35.1 Å². The Kier molecular flexibility index (Phi) is 6.16. The van der Waals surface area contributed by atoms with Crippen molar-refractivity contribution < 1.29 is 31.5 Å². The predicted molar refractivity (Wildman–Crippen MR) is 118 cm³/mol. The molecule has 3 heterocycles. The van der Waals surface area contributed by atoms with E-state index in [1.807, 2.05) is 0 Å². The lowest BCUT2D eigenvalue weighted by Crippen LogP contribution is -2.16. The maximum atomic E-state index is 14.1. The van der Waals surface area contributed by atoms with Crippen molar-refractivity contribution in [2.75, 3.05) is 18.4 Å². The van der Waals surface area contributed by atoms with E-state index >= 15 is 0 Å². The van der Waals surface area contributed by atoms with E-state index in [1.54, 1.807) is 31.3 Å². The molecule has 1 aromatic carbocycles. The lowest BCUT2D eigenvalue weighted by Gasteiger charge is -2.13. The van der Waals surface area contributed by atoms with E-state index in [9.17, 15) is 22.0 Å². The zero-order chi connectivity index (χ0) is 24.5. The highest BCUT2D eigenvalue weighted by Crippen LogP contribution is 2.32. The molecule has 4 rings (SSSR count). The van der Waals surface area contributed by atoms with E-state index in [1.165, 1.54) is 23.8 Å². The summed E-state index contributed by atoms with van der Waals surface area (Å²) in [7, 11) is -3.21. The number of aromatic nitrogens is 3. The SMILES string of the molecule is CCOC(=O)c1c(-c2cnc(OC)c(NS(=O)(=O)c3ccc(F)cc3F)c2)nc2ccccn12. The third kappa shape index (κ3) is 4.27. The van der Waals surface area contributed by atoms with Crippen LogP contribution in [0, 0.1) is 11.6 Å². The zero-order valence-corrected chi connectivity index (χ0v) is 18.8. The molecule has 0 spiro atoms. The standard InChI is InChI=1S/C22H18F2N4O5S/c1-3-33-22(29)20-19(26-18-6-4-5-9-28(18)20)13-10-16(21(32-2)25-12-13)27-34(30,31)17-8-7-14(23)11-15(17)24/h4-12,27H,3H2,1-2H3.